The Labute approximate surface area is 153 Å². The molecule has 0 radical (unpaired) electrons. The van der Waals surface area contributed by atoms with Gasteiger partial charge < -0.3 is 29.5 Å². The fourth-order valence-electron chi connectivity index (χ4n) is 4.89. The second-order valence-corrected chi connectivity index (χ2v) is 8.66. The average Bonchev–Trinajstić information content (AvgIpc) is 2.55. The maximum absolute atomic E-state index is 5.96. The third kappa shape index (κ3) is 5.37. The summed E-state index contributed by atoms with van der Waals surface area (Å²) in [6.07, 6.45) is 5.02. The average molecular weight is 355 g/mol. The van der Waals surface area contributed by atoms with Crippen molar-refractivity contribution in [2.75, 3.05) is 86.7 Å². The van der Waals surface area contributed by atoms with Crippen LogP contribution in [0.25, 0.3) is 0 Å². The van der Waals surface area contributed by atoms with Crippen LogP contribution in [0.2, 0.25) is 0 Å². The molecule has 0 saturated carbocycles. The van der Waals surface area contributed by atoms with Crippen molar-refractivity contribution in [3.8, 4) is 0 Å². The molecule has 0 aromatic carbocycles. The van der Waals surface area contributed by atoms with Crippen molar-refractivity contribution in [1.82, 2.24) is 20.0 Å². The van der Waals surface area contributed by atoms with Crippen molar-refractivity contribution in [2.24, 2.45) is 0 Å². The van der Waals surface area contributed by atoms with Crippen molar-refractivity contribution >= 4 is 0 Å². The van der Waals surface area contributed by atoms with E-state index in [9.17, 15) is 0 Å². The molecule has 2 spiro atoms. The van der Waals surface area contributed by atoms with Gasteiger partial charge in [-0.15, -0.1) is 0 Å². The van der Waals surface area contributed by atoms with E-state index in [4.69, 9.17) is 9.47 Å². The quantitative estimate of drug-likeness (QED) is 0.683. The summed E-state index contributed by atoms with van der Waals surface area (Å²) in [6, 6.07) is 0. The number of nitrogens with one attached hydrogen (secondary N) is 1. The lowest BCUT2D eigenvalue weighted by atomic mass is 9.91. The van der Waals surface area contributed by atoms with Crippen LogP contribution >= 0.6 is 0 Å². The molecule has 1 N–H and O–H groups in total. The number of rotatable bonds is 0. The first-order valence-electron chi connectivity index (χ1n) is 10.1. The molecule has 4 rings (SSSR count). The first-order chi connectivity index (χ1) is 12.0. The van der Waals surface area contributed by atoms with Gasteiger partial charge in [-0.3, -0.25) is 0 Å². The molecular weight excluding hydrogens is 316 g/mol. The summed E-state index contributed by atoms with van der Waals surface area (Å²) < 4.78 is 11.8. The van der Waals surface area contributed by atoms with Crippen LogP contribution in [-0.2, 0) is 9.47 Å². The maximum Gasteiger partial charge on any atom is 0.0935 e. The largest absolute Gasteiger partial charge is 0.371 e. The Morgan fingerprint density at radius 1 is 0.720 bits per heavy atom. The van der Waals surface area contributed by atoms with Crippen molar-refractivity contribution in [1.29, 1.82) is 0 Å². The number of morpholine rings is 2. The van der Waals surface area contributed by atoms with Gasteiger partial charge in [-0.25, -0.2) is 0 Å². The molecule has 6 nitrogen and oxygen atoms in total. The van der Waals surface area contributed by atoms with Crippen LogP contribution in [0.5, 0.6) is 0 Å². The molecular formula is C19H38N4O2. The highest BCUT2D eigenvalue weighted by molar-refractivity contribution is 4.93. The molecule has 25 heavy (non-hydrogen) atoms. The van der Waals surface area contributed by atoms with E-state index in [1.165, 1.54) is 38.8 Å². The molecule has 0 aromatic rings. The minimum atomic E-state index is 0.144. The van der Waals surface area contributed by atoms with Gasteiger partial charge in [0.2, 0.25) is 0 Å². The molecule has 2 atom stereocenters. The summed E-state index contributed by atoms with van der Waals surface area (Å²) >= 11 is 0. The Hall–Kier alpha value is -0.240. The van der Waals surface area contributed by atoms with E-state index in [2.05, 4.69) is 41.2 Å². The lowest BCUT2D eigenvalue weighted by Gasteiger charge is -2.46. The van der Waals surface area contributed by atoms with Gasteiger partial charge in [0.15, 0.2) is 0 Å². The SMILES string of the molecule is CN1CCCC2(C1)CN(C)CCO2.CN1CCCC2(CNCCO2)C1. The van der Waals surface area contributed by atoms with Crippen LogP contribution in [0.4, 0.5) is 0 Å². The lowest BCUT2D eigenvalue weighted by molar-refractivity contribution is -0.131. The fourth-order valence-corrected chi connectivity index (χ4v) is 4.89. The topological polar surface area (TPSA) is 40.2 Å². The standard InChI is InChI=1S/C10H20N2O.C9H18N2O/c1-11-5-3-4-10(8-11)9-12(2)6-7-13-10;1-11-5-2-3-9(8-11)7-10-4-6-12-9/h3-9H2,1-2H3;10H,2-8H2,1H3. The van der Waals surface area contributed by atoms with Crippen molar-refractivity contribution in [3.63, 3.8) is 0 Å². The smallest absolute Gasteiger partial charge is 0.0935 e. The van der Waals surface area contributed by atoms with E-state index in [1.807, 2.05) is 0 Å². The van der Waals surface area contributed by atoms with Gasteiger partial charge in [0.1, 0.15) is 0 Å². The number of likely N-dealkylation sites (N-methyl/N-ethyl adjacent to an activating group) is 3. The molecule has 4 saturated heterocycles. The summed E-state index contributed by atoms with van der Waals surface area (Å²) in [5, 5.41) is 3.41. The maximum atomic E-state index is 5.96. The molecule has 0 aromatic heterocycles. The van der Waals surface area contributed by atoms with Crippen LogP contribution in [0.3, 0.4) is 0 Å². The number of piperidine rings is 2. The fraction of sp³-hybridized carbons (Fsp3) is 1.00. The highest BCUT2D eigenvalue weighted by atomic mass is 16.5. The summed E-state index contributed by atoms with van der Waals surface area (Å²) in [6.45, 7) is 10.7. The van der Waals surface area contributed by atoms with E-state index in [0.717, 1.165) is 52.5 Å². The number of hydrogen-bond acceptors (Lipinski definition) is 6. The Bertz CT molecular complexity index is 389. The summed E-state index contributed by atoms with van der Waals surface area (Å²) in [5.41, 5.74) is 0.297. The zero-order chi connectivity index (χ0) is 17.8. The summed E-state index contributed by atoms with van der Waals surface area (Å²) in [7, 11) is 6.57. The highest BCUT2D eigenvalue weighted by Crippen LogP contribution is 2.27. The Morgan fingerprint density at radius 3 is 1.84 bits per heavy atom. The van der Waals surface area contributed by atoms with Crippen LogP contribution in [0.15, 0.2) is 0 Å². The molecule has 4 aliphatic rings. The predicted octanol–water partition coefficient (Wildman–Crippen LogP) is 0.483. The van der Waals surface area contributed by atoms with Crippen LogP contribution < -0.4 is 5.32 Å². The first kappa shape index (κ1) is 19.5. The molecule has 6 heteroatoms. The van der Waals surface area contributed by atoms with Crippen LogP contribution in [0, 0.1) is 0 Å². The Kier molecular flexibility index (Phi) is 6.74. The van der Waals surface area contributed by atoms with Gasteiger partial charge in [-0.05, 0) is 59.9 Å². The zero-order valence-corrected chi connectivity index (χ0v) is 16.6. The molecule has 0 bridgehead atoms. The van der Waals surface area contributed by atoms with Crippen molar-refractivity contribution < 1.29 is 9.47 Å². The van der Waals surface area contributed by atoms with E-state index >= 15 is 0 Å². The molecule has 0 aliphatic carbocycles. The molecule has 4 aliphatic heterocycles. The second kappa shape index (κ2) is 8.63. The highest BCUT2D eigenvalue weighted by Gasteiger charge is 2.38. The minimum Gasteiger partial charge on any atom is -0.371 e. The normalized spacial score (nSPS) is 38.5. The summed E-state index contributed by atoms with van der Waals surface area (Å²) in [4.78, 5) is 7.15. The molecule has 2 unspecified atom stereocenters. The van der Waals surface area contributed by atoms with Gasteiger partial charge in [0.05, 0.1) is 24.4 Å². The monoisotopic (exact) mass is 354 g/mol. The van der Waals surface area contributed by atoms with Crippen molar-refractivity contribution in [3.05, 3.63) is 0 Å². The van der Waals surface area contributed by atoms with Gasteiger partial charge in [-0.2, -0.15) is 0 Å². The second-order valence-electron chi connectivity index (χ2n) is 8.66. The Morgan fingerprint density at radius 2 is 1.28 bits per heavy atom. The third-order valence-corrected chi connectivity index (χ3v) is 6.03. The van der Waals surface area contributed by atoms with Crippen LogP contribution in [0.1, 0.15) is 25.7 Å². The number of likely N-dealkylation sites (tertiary alicyclic amines) is 2. The van der Waals surface area contributed by atoms with Gasteiger partial charge in [-0.1, -0.05) is 0 Å². The lowest BCUT2D eigenvalue weighted by Crippen LogP contribution is -2.58. The molecule has 146 valence electrons. The first-order valence-corrected chi connectivity index (χ1v) is 10.1. The number of ether oxygens (including phenoxy) is 2. The van der Waals surface area contributed by atoms with Gasteiger partial charge >= 0.3 is 0 Å². The predicted molar refractivity (Wildman–Crippen MR) is 101 cm³/mol. The molecule has 4 heterocycles. The van der Waals surface area contributed by atoms with Crippen molar-refractivity contribution in [2.45, 2.75) is 36.9 Å². The number of nitrogens with zero attached hydrogens (tertiary/aromatic N) is 3. The molecule has 4 fully saturated rings. The van der Waals surface area contributed by atoms with Gasteiger partial charge in [0.25, 0.3) is 0 Å². The van der Waals surface area contributed by atoms with Crippen LogP contribution in [-0.4, -0.2) is 113 Å². The molecule has 0 amide bonds. The van der Waals surface area contributed by atoms with Gasteiger partial charge in [0, 0.05) is 39.3 Å². The number of hydrogen-bond donors (Lipinski definition) is 1. The Balaban J connectivity index is 0.000000146. The van der Waals surface area contributed by atoms with E-state index in [1.54, 1.807) is 0 Å². The minimum absolute atomic E-state index is 0.144. The van der Waals surface area contributed by atoms with E-state index in [-0.39, 0.29) is 11.2 Å². The zero-order valence-electron chi connectivity index (χ0n) is 16.6. The van der Waals surface area contributed by atoms with E-state index in [0.29, 0.717) is 0 Å². The summed E-state index contributed by atoms with van der Waals surface area (Å²) in [5.74, 6) is 0. The third-order valence-electron chi connectivity index (χ3n) is 6.03. The van der Waals surface area contributed by atoms with E-state index < -0.39 is 0 Å².